The molecule has 1 N–H and O–H groups in total. The van der Waals surface area contributed by atoms with Gasteiger partial charge in [-0.1, -0.05) is 23.7 Å². The van der Waals surface area contributed by atoms with Gasteiger partial charge in [-0.2, -0.15) is 0 Å². The highest BCUT2D eigenvalue weighted by Gasteiger charge is 2.29. The molecule has 0 heterocycles. The summed E-state index contributed by atoms with van der Waals surface area (Å²) in [6.07, 6.45) is 1.03. The van der Waals surface area contributed by atoms with E-state index < -0.39 is 22.0 Å². The third-order valence-corrected chi connectivity index (χ3v) is 5.20. The maximum absolute atomic E-state index is 12.6. The molecule has 0 spiro atoms. The van der Waals surface area contributed by atoms with Gasteiger partial charge in [0, 0.05) is 16.3 Å². The Kier molecular flexibility index (Phi) is 6.05. The molecule has 0 saturated carbocycles. The highest BCUT2D eigenvalue weighted by molar-refractivity contribution is 7.92. The molecule has 2 aromatic rings. The summed E-state index contributed by atoms with van der Waals surface area (Å²) in [6, 6.07) is 11.6. The largest absolute Gasteiger partial charge is 0.324 e. The summed E-state index contributed by atoms with van der Waals surface area (Å²) in [5.74, 6) is -0.654. The van der Waals surface area contributed by atoms with Crippen LogP contribution in [0.2, 0.25) is 5.02 Å². The van der Waals surface area contributed by atoms with Crippen molar-refractivity contribution in [3.8, 4) is 0 Å². The van der Waals surface area contributed by atoms with Crippen molar-refractivity contribution < 1.29 is 18.0 Å². The van der Waals surface area contributed by atoms with Gasteiger partial charge in [0.1, 0.15) is 6.04 Å². The minimum Gasteiger partial charge on any atom is -0.324 e. The Labute approximate surface area is 157 Å². The van der Waals surface area contributed by atoms with E-state index in [1.54, 1.807) is 36.4 Å². The van der Waals surface area contributed by atoms with Gasteiger partial charge in [0.2, 0.25) is 15.9 Å². The number of hydrogen-bond acceptors (Lipinski definition) is 4. The lowest BCUT2D eigenvalue weighted by atomic mass is 10.1. The molecular weight excluding hydrogens is 376 g/mol. The third-order valence-electron chi connectivity index (χ3n) is 3.71. The molecule has 0 aromatic heterocycles. The van der Waals surface area contributed by atoms with E-state index in [0.717, 1.165) is 10.6 Å². The molecule has 26 heavy (non-hydrogen) atoms. The number of hydrogen-bond donors (Lipinski definition) is 1. The first kappa shape index (κ1) is 19.9. The average molecular weight is 395 g/mol. The maximum atomic E-state index is 12.6. The molecule has 6 nitrogen and oxygen atoms in total. The Bertz CT molecular complexity index is 926. The number of carbonyl (C=O) groups is 2. The zero-order valence-electron chi connectivity index (χ0n) is 14.6. The van der Waals surface area contributed by atoms with Gasteiger partial charge in [-0.15, -0.1) is 0 Å². The summed E-state index contributed by atoms with van der Waals surface area (Å²) in [7, 11) is -3.71. The minimum atomic E-state index is -3.71. The van der Waals surface area contributed by atoms with Gasteiger partial charge < -0.3 is 5.32 Å². The van der Waals surface area contributed by atoms with E-state index >= 15 is 0 Å². The summed E-state index contributed by atoms with van der Waals surface area (Å²) < 4.78 is 25.5. The summed E-state index contributed by atoms with van der Waals surface area (Å²) in [5, 5.41) is 3.11. The molecule has 0 bridgehead atoms. The molecular formula is C18H19ClN2O4S. The Morgan fingerprint density at radius 1 is 1.12 bits per heavy atom. The first-order valence-electron chi connectivity index (χ1n) is 7.76. The van der Waals surface area contributed by atoms with E-state index in [1.165, 1.54) is 26.0 Å². The van der Waals surface area contributed by atoms with Crippen molar-refractivity contribution >= 4 is 44.7 Å². The number of sulfonamides is 1. The van der Waals surface area contributed by atoms with E-state index in [4.69, 9.17) is 11.6 Å². The van der Waals surface area contributed by atoms with Crippen LogP contribution in [0, 0.1) is 0 Å². The number of nitrogens with one attached hydrogen (secondary N) is 1. The summed E-state index contributed by atoms with van der Waals surface area (Å²) in [5.41, 5.74) is 1.20. The number of amides is 1. The lowest BCUT2D eigenvalue weighted by molar-refractivity contribution is -0.116. The van der Waals surface area contributed by atoms with E-state index in [1.807, 2.05) is 0 Å². The SMILES string of the molecule is CC(=O)c1cccc(NC(=O)C(C)N(c2ccc(Cl)cc2)S(C)(=O)=O)c1. The summed E-state index contributed by atoms with van der Waals surface area (Å²) >= 11 is 5.85. The molecule has 1 amide bonds. The van der Waals surface area contributed by atoms with Crippen LogP contribution in [-0.2, 0) is 14.8 Å². The number of rotatable bonds is 6. The highest BCUT2D eigenvalue weighted by atomic mass is 35.5. The van der Waals surface area contributed by atoms with Crippen molar-refractivity contribution in [1.82, 2.24) is 0 Å². The number of halogens is 1. The molecule has 0 radical (unpaired) electrons. The Balaban J connectivity index is 2.29. The highest BCUT2D eigenvalue weighted by Crippen LogP contribution is 2.23. The fourth-order valence-corrected chi connectivity index (χ4v) is 3.76. The molecule has 0 aliphatic carbocycles. The van der Waals surface area contributed by atoms with E-state index in [9.17, 15) is 18.0 Å². The monoisotopic (exact) mass is 394 g/mol. The number of carbonyl (C=O) groups excluding carboxylic acids is 2. The molecule has 0 aliphatic heterocycles. The molecule has 0 saturated heterocycles. The zero-order chi connectivity index (χ0) is 19.5. The van der Waals surface area contributed by atoms with Crippen LogP contribution in [0.15, 0.2) is 48.5 Å². The fraction of sp³-hybridized carbons (Fsp3) is 0.222. The van der Waals surface area contributed by atoms with Crippen LogP contribution >= 0.6 is 11.6 Å². The van der Waals surface area contributed by atoms with Gasteiger partial charge in [-0.05, 0) is 50.2 Å². The lowest BCUT2D eigenvalue weighted by Crippen LogP contribution is -2.45. The van der Waals surface area contributed by atoms with Gasteiger partial charge >= 0.3 is 0 Å². The zero-order valence-corrected chi connectivity index (χ0v) is 16.1. The number of anilines is 2. The molecule has 0 fully saturated rings. The first-order chi connectivity index (χ1) is 12.1. The fourth-order valence-electron chi connectivity index (χ4n) is 2.46. The van der Waals surface area contributed by atoms with Crippen LogP contribution in [0.25, 0.3) is 0 Å². The summed E-state index contributed by atoms with van der Waals surface area (Å²) in [4.78, 5) is 24.1. The minimum absolute atomic E-state index is 0.131. The Morgan fingerprint density at radius 3 is 2.27 bits per heavy atom. The lowest BCUT2D eigenvalue weighted by Gasteiger charge is -2.28. The van der Waals surface area contributed by atoms with Crippen molar-refractivity contribution in [2.45, 2.75) is 19.9 Å². The average Bonchev–Trinajstić information content (AvgIpc) is 2.55. The van der Waals surface area contributed by atoms with Gasteiger partial charge in [0.25, 0.3) is 0 Å². The standard InChI is InChI=1S/C18H19ClN2O4S/c1-12(18(23)20-16-6-4-5-14(11-16)13(2)22)21(26(3,24)25)17-9-7-15(19)8-10-17/h4-12H,1-3H3,(H,20,23). The van der Waals surface area contributed by atoms with Crippen LogP contribution in [0.4, 0.5) is 11.4 Å². The van der Waals surface area contributed by atoms with Crippen molar-refractivity contribution in [2.75, 3.05) is 15.9 Å². The molecule has 2 aromatic carbocycles. The number of ketones is 1. The van der Waals surface area contributed by atoms with Gasteiger partial charge in [0.05, 0.1) is 11.9 Å². The van der Waals surface area contributed by atoms with Crippen LogP contribution in [0.5, 0.6) is 0 Å². The van der Waals surface area contributed by atoms with Crippen molar-refractivity contribution in [3.05, 3.63) is 59.1 Å². The van der Waals surface area contributed by atoms with E-state index in [2.05, 4.69) is 5.32 Å². The maximum Gasteiger partial charge on any atom is 0.247 e. The molecule has 1 unspecified atom stereocenters. The van der Waals surface area contributed by atoms with Gasteiger partial charge in [0.15, 0.2) is 5.78 Å². The quantitative estimate of drug-likeness (QED) is 0.761. The van der Waals surface area contributed by atoms with Crippen molar-refractivity contribution in [3.63, 3.8) is 0 Å². The van der Waals surface area contributed by atoms with Crippen LogP contribution in [0.1, 0.15) is 24.2 Å². The second kappa shape index (κ2) is 7.88. The van der Waals surface area contributed by atoms with E-state index in [0.29, 0.717) is 22.0 Å². The normalized spacial score (nSPS) is 12.3. The molecule has 8 heteroatoms. The van der Waals surface area contributed by atoms with E-state index in [-0.39, 0.29) is 5.78 Å². The van der Waals surface area contributed by atoms with Crippen molar-refractivity contribution in [1.29, 1.82) is 0 Å². The predicted octanol–water partition coefficient (Wildman–Crippen LogP) is 3.34. The number of benzene rings is 2. The Hall–Kier alpha value is -2.38. The number of nitrogens with zero attached hydrogens (tertiary/aromatic N) is 1. The predicted molar refractivity (Wildman–Crippen MR) is 103 cm³/mol. The van der Waals surface area contributed by atoms with Crippen LogP contribution in [0.3, 0.4) is 0 Å². The van der Waals surface area contributed by atoms with Gasteiger partial charge in [-0.25, -0.2) is 8.42 Å². The smallest absolute Gasteiger partial charge is 0.247 e. The molecule has 138 valence electrons. The third kappa shape index (κ3) is 4.83. The van der Waals surface area contributed by atoms with Crippen LogP contribution < -0.4 is 9.62 Å². The molecule has 2 rings (SSSR count). The van der Waals surface area contributed by atoms with Crippen molar-refractivity contribution in [2.24, 2.45) is 0 Å². The topological polar surface area (TPSA) is 83.6 Å². The summed E-state index contributed by atoms with van der Waals surface area (Å²) in [6.45, 7) is 2.91. The van der Waals surface area contributed by atoms with Crippen LogP contribution in [-0.4, -0.2) is 32.4 Å². The second-order valence-corrected chi connectivity index (χ2v) is 8.13. The number of Topliss-reactive ketones (excluding diaryl/α,β-unsaturated/α-hetero) is 1. The molecule has 1 atom stereocenters. The Morgan fingerprint density at radius 2 is 1.73 bits per heavy atom. The molecule has 0 aliphatic rings. The van der Waals surface area contributed by atoms with Gasteiger partial charge in [-0.3, -0.25) is 13.9 Å². The second-order valence-electron chi connectivity index (χ2n) is 5.84. The first-order valence-corrected chi connectivity index (χ1v) is 9.99.